The molecule has 0 aliphatic carbocycles. The van der Waals surface area contributed by atoms with Crippen molar-refractivity contribution in [3.05, 3.63) is 41.3 Å². The Morgan fingerprint density at radius 2 is 1.70 bits per heavy atom. The van der Waals surface area contributed by atoms with Gasteiger partial charge in [0, 0.05) is 46.0 Å². The number of urea groups is 1. The van der Waals surface area contributed by atoms with Crippen LogP contribution in [0.4, 0.5) is 10.5 Å². The van der Waals surface area contributed by atoms with Crippen molar-refractivity contribution in [3.63, 3.8) is 0 Å². The maximum atomic E-state index is 13.0. The van der Waals surface area contributed by atoms with E-state index in [1.807, 2.05) is 23.1 Å². The van der Waals surface area contributed by atoms with Gasteiger partial charge in [0.05, 0.1) is 16.2 Å². The van der Waals surface area contributed by atoms with Crippen LogP contribution in [0, 0.1) is 5.92 Å². The molecular weight excluding hydrogens is 364 g/mol. The van der Waals surface area contributed by atoms with Gasteiger partial charge < -0.3 is 14.7 Å². The summed E-state index contributed by atoms with van der Waals surface area (Å²) in [4.78, 5) is 44.8. The van der Waals surface area contributed by atoms with Crippen molar-refractivity contribution in [2.45, 2.75) is 5.37 Å². The summed E-state index contributed by atoms with van der Waals surface area (Å²) in [5.74, 6) is -0.738. The van der Waals surface area contributed by atoms with Crippen molar-refractivity contribution in [3.8, 4) is 0 Å². The number of amides is 4. The lowest BCUT2D eigenvalue weighted by molar-refractivity contribution is -0.133. The largest absolute Gasteiger partial charge is 0.368 e. The van der Waals surface area contributed by atoms with Gasteiger partial charge in [-0.05, 0) is 18.2 Å². The van der Waals surface area contributed by atoms with Gasteiger partial charge in [0.2, 0.25) is 5.91 Å². The molecule has 1 aromatic rings. The quantitative estimate of drug-likeness (QED) is 0.770. The van der Waals surface area contributed by atoms with Gasteiger partial charge in [-0.15, -0.1) is 0 Å². The second-order valence-electron chi connectivity index (χ2n) is 6.97. The maximum Gasteiger partial charge on any atom is 0.327 e. The highest BCUT2D eigenvalue weighted by Crippen LogP contribution is 2.42. The van der Waals surface area contributed by atoms with Crippen molar-refractivity contribution in [1.29, 1.82) is 0 Å². The third-order valence-corrected chi connectivity index (χ3v) is 6.79. The Morgan fingerprint density at radius 3 is 2.37 bits per heavy atom. The van der Waals surface area contributed by atoms with Crippen LogP contribution in [-0.4, -0.2) is 78.2 Å². The van der Waals surface area contributed by atoms with Crippen LogP contribution in [0.1, 0.15) is 0 Å². The van der Waals surface area contributed by atoms with Crippen LogP contribution in [-0.2, 0) is 9.59 Å². The monoisotopic (exact) mass is 386 g/mol. The first-order valence-corrected chi connectivity index (χ1v) is 9.87. The van der Waals surface area contributed by atoms with Gasteiger partial charge in [-0.25, -0.2) is 4.79 Å². The number of anilines is 1. The number of hydrogen-bond donors (Lipinski definition) is 0. The normalized spacial score (nSPS) is 25.6. The first-order chi connectivity index (χ1) is 13.0. The molecule has 2 atom stereocenters. The third kappa shape index (κ3) is 3.07. The molecule has 1 aromatic carbocycles. The fourth-order valence-electron chi connectivity index (χ4n) is 3.75. The SMILES string of the molecule is CN1C(=O)C2C=C(C(=O)N3CCN(c4ccccc4)CC3)SC2N(C)C1=O. The summed E-state index contributed by atoms with van der Waals surface area (Å²) < 4.78 is 0. The van der Waals surface area contributed by atoms with Gasteiger partial charge in [-0.3, -0.25) is 14.5 Å². The Morgan fingerprint density at radius 1 is 1.04 bits per heavy atom. The van der Waals surface area contributed by atoms with Crippen molar-refractivity contribution < 1.29 is 14.4 Å². The minimum Gasteiger partial charge on any atom is -0.368 e. The number of fused-ring (bicyclic) bond motifs is 1. The summed E-state index contributed by atoms with van der Waals surface area (Å²) in [6.07, 6.45) is 1.74. The first-order valence-electron chi connectivity index (χ1n) is 8.99. The third-order valence-electron chi connectivity index (χ3n) is 5.37. The molecule has 7 nitrogen and oxygen atoms in total. The molecule has 3 heterocycles. The van der Waals surface area contributed by atoms with Gasteiger partial charge in [-0.2, -0.15) is 0 Å². The van der Waals surface area contributed by atoms with E-state index in [0.29, 0.717) is 18.0 Å². The number of carbonyl (C=O) groups excluding carboxylic acids is 3. The van der Waals surface area contributed by atoms with E-state index in [1.54, 1.807) is 18.0 Å². The zero-order chi connectivity index (χ0) is 19.1. The zero-order valence-corrected chi connectivity index (χ0v) is 16.2. The van der Waals surface area contributed by atoms with Crippen LogP contribution >= 0.6 is 11.8 Å². The molecule has 2 saturated heterocycles. The van der Waals surface area contributed by atoms with E-state index in [4.69, 9.17) is 0 Å². The molecule has 0 radical (unpaired) electrons. The Labute approximate surface area is 162 Å². The number of para-hydroxylation sites is 1. The highest BCUT2D eigenvalue weighted by Gasteiger charge is 2.47. The Bertz CT molecular complexity index is 804. The molecule has 3 aliphatic rings. The lowest BCUT2D eigenvalue weighted by atomic mass is 10.0. The van der Waals surface area contributed by atoms with E-state index in [2.05, 4.69) is 17.0 Å². The number of imide groups is 1. The lowest BCUT2D eigenvalue weighted by Crippen LogP contribution is -2.56. The molecule has 3 aliphatic heterocycles. The van der Waals surface area contributed by atoms with E-state index in [0.717, 1.165) is 18.0 Å². The fourth-order valence-corrected chi connectivity index (χ4v) is 5.05. The molecule has 2 unspecified atom stereocenters. The minimum absolute atomic E-state index is 0.0431. The first kappa shape index (κ1) is 17.9. The van der Waals surface area contributed by atoms with Crippen molar-refractivity contribution in [1.82, 2.24) is 14.7 Å². The molecule has 0 bridgehead atoms. The Balaban J connectivity index is 1.42. The van der Waals surface area contributed by atoms with Gasteiger partial charge in [0.25, 0.3) is 5.91 Å². The molecule has 142 valence electrons. The van der Waals surface area contributed by atoms with Crippen LogP contribution in [0.3, 0.4) is 0 Å². The van der Waals surface area contributed by atoms with E-state index in [1.165, 1.54) is 24.5 Å². The van der Waals surface area contributed by atoms with E-state index < -0.39 is 5.92 Å². The topological polar surface area (TPSA) is 64.2 Å². The highest BCUT2D eigenvalue weighted by molar-refractivity contribution is 8.04. The molecule has 0 saturated carbocycles. The molecule has 27 heavy (non-hydrogen) atoms. The predicted molar refractivity (Wildman–Crippen MR) is 104 cm³/mol. The van der Waals surface area contributed by atoms with Crippen LogP contribution in [0.15, 0.2) is 41.3 Å². The number of piperazine rings is 1. The molecule has 8 heteroatoms. The minimum atomic E-state index is -0.452. The van der Waals surface area contributed by atoms with Crippen LogP contribution in [0.25, 0.3) is 0 Å². The highest BCUT2D eigenvalue weighted by atomic mass is 32.2. The molecule has 0 N–H and O–H groups in total. The lowest BCUT2D eigenvalue weighted by Gasteiger charge is -2.37. The molecule has 2 fully saturated rings. The van der Waals surface area contributed by atoms with Crippen molar-refractivity contribution >= 4 is 35.3 Å². The van der Waals surface area contributed by atoms with Crippen LogP contribution in [0.2, 0.25) is 0 Å². The number of hydrogen-bond acceptors (Lipinski definition) is 5. The number of carbonyl (C=O) groups is 3. The summed E-state index contributed by atoms with van der Waals surface area (Å²) in [7, 11) is 3.16. The van der Waals surface area contributed by atoms with Crippen molar-refractivity contribution in [2.75, 3.05) is 45.2 Å². The van der Waals surface area contributed by atoms with Crippen LogP contribution < -0.4 is 4.90 Å². The number of rotatable bonds is 2. The number of nitrogens with zero attached hydrogens (tertiary/aromatic N) is 4. The van der Waals surface area contributed by atoms with Crippen molar-refractivity contribution in [2.24, 2.45) is 5.92 Å². The van der Waals surface area contributed by atoms with E-state index in [-0.39, 0.29) is 23.2 Å². The summed E-state index contributed by atoms with van der Waals surface area (Å²) in [5.41, 5.74) is 1.17. The average Bonchev–Trinajstić information content (AvgIpc) is 3.16. The molecule has 0 aromatic heterocycles. The van der Waals surface area contributed by atoms with Gasteiger partial charge >= 0.3 is 6.03 Å². The van der Waals surface area contributed by atoms with Gasteiger partial charge in [0.1, 0.15) is 0 Å². The van der Waals surface area contributed by atoms with Gasteiger partial charge in [0.15, 0.2) is 0 Å². The summed E-state index contributed by atoms with van der Waals surface area (Å²) >= 11 is 1.33. The number of thioether (sulfide) groups is 1. The molecular formula is C19H22N4O3S. The Kier molecular flexibility index (Phi) is 4.59. The second-order valence-corrected chi connectivity index (χ2v) is 8.13. The number of benzene rings is 1. The smallest absolute Gasteiger partial charge is 0.327 e. The summed E-state index contributed by atoms with van der Waals surface area (Å²) in [5, 5.41) is -0.328. The molecule has 4 rings (SSSR count). The van der Waals surface area contributed by atoms with Gasteiger partial charge in [-0.1, -0.05) is 30.0 Å². The molecule has 4 amide bonds. The summed E-state index contributed by atoms with van der Waals surface area (Å²) in [6, 6.07) is 9.85. The van der Waals surface area contributed by atoms with E-state index in [9.17, 15) is 14.4 Å². The van der Waals surface area contributed by atoms with Crippen LogP contribution in [0.5, 0.6) is 0 Å². The average molecular weight is 386 g/mol. The summed E-state index contributed by atoms with van der Waals surface area (Å²) in [6.45, 7) is 2.84. The standard InChI is InChI=1S/C19H22N4O3S/c1-20-16(24)14-12-15(27-18(14)21(2)19(20)26)17(25)23-10-8-22(9-11-23)13-6-4-3-5-7-13/h3-7,12,14,18H,8-11H2,1-2H3. The maximum absolute atomic E-state index is 13.0. The zero-order valence-electron chi connectivity index (χ0n) is 15.4. The second kappa shape index (κ2) is 6.92. The van der Waals surface area contributed by atoms with E-state index >= 15 is 0 Å². The predicted octanol–water partition coefficient (Wildman–Crippen LogP) is 1.43. The molecule has 0 spiro atoms. The Hall–Kier alpha value is -2.48. The fraction of sp³-hybridized carbons (Fsp3) is 0.421.